The van der Waals surface area contributed by atoms with E-state index in [0.29, 0.717) is 29.6 Å². The molecule has 0 bridgehead atoms. The Morgan fingerprint density at radius 3 is 2.26 bits per heavy atom. The second-order valence-electron chi connectivity index (χ2n) is 8.82. The number of fused-ring (bicyclic) bond motifs is 3. The number of pyridine rings is 1. The summed E-state index contributed by atoms with van der Waals surface area (Å²) in [6.45, 7) is 6.46. The smallest absolute Gasteiger partial charge is 0.315 e. The Kier molecular flexibility index (Phi) is 8.07. The molecule has 10 nitrogen and oxygen atoms in total. The standard InChI is InChI=1S/C22H30ClFN6O4S/c1-5-25-20(31)29-15-9-16(30-21(32)26-6-2)19-13(15)7-17(12-8-18(23)27-10-14(12)19)35(33,34)28-11-22(3,4)24/h7-8,10,15-16,28H,5-6,9,11H2,1-4H3,(H2,25,29,31)(H2,26,30,32)/t15-,16-/m1/s1. The second-order valence-corrected chi connectivity index (χ2v) is 10.9. The number of rotatable bonds is 8. The Labute approximate surface area is 208 Å². The van der Waals surface area contributed by atoms with Gasteiger partial charge < -0.3 is 21.3 Å². The second kappa shape index (κ2) is 10.5. The maximum Gasteiger partial charge on any atom is 0.315 e. The predicted octanol–water partition coefficient (Wildman–Crippen LogP) is 3.04. The van der Waals surface area contributed by atoms with Crippen LogP contribution in [0.3, 0.4) is 0 Å². The lowest BCUT2D eigenvalue weighted by molar-refractivity contribution is 0.221. The van der Waals surface area contributed by atoms with Gasteiger partial charge in [-0.15, -0.1) is 0 Å². The monoisotopic (exact) mass is 528 g/mol. The molecule has 3 rings (SSSR count). The Morgan fingerprint density at radius 1 is 1.09 bits per heavy atom. The third-order valence-corrected chi connectivity index (χ3v) is 7.12. The van der Waals surface area contributed by atoms with Crippen molar-refractivity contribution in [2.24, 2.45) is 0 Å². The summed E-state index contributed by atoms with van der Waals surface area (Å²) in [5.74, 6) is 0. The van der Waals surface area contributed by atoms with Crippen molar-refractivity contribution in [1.29, 1.82) is 0 Å². The first kappa shape index (κ1) is 26.9. The molecule has 1 aromatic heterocycles. The fraction of sp³-hybridized carbons (Fsp3) is 0.500. The number of carbonyl (C=O) groups excluding carboxylic acids is 2. The van der Waals surface area contributed by atoms with Gasteiger partial charge in [-0.3, -0.25) is 0 Å². The third-order valence-electron chi connectivity index (χ3n) is 5.48. The molecule has 1 aromatic carbocycles. The molecule has 192 valence electrons. The van der Waals surface area contributed by atoms with Crippen LogP contribution in [0.4, 0.5) is 14.0 Å². The van der Waals surface area contributed by atoms with E-state index in [1.165, 1.54) is 32.2 Å². The highest BCUT2D eigenvalue weighted by Crippen LogP contribution is 2.45. The first-order valence-corrected chi connectivity index (χ1v) is 13.1. The predicted molar refractivity (Wildman–Crippen MR) is 132 cm³/mol. The fourth-order valence-corrected chi connectivity index (χ4v) is 5.62. The van der Waals surface area contributed by atoms with E-state index in [0.717, 1.165) is 0 Å². The lowest BCUT2D eigenvalue weighted by Crippen LogP contribution is -2.39. The van der Waals surface area contributed by atoms with Gasteiger partial charge in [-0.1, -0.05) is 11.6 Å². The average molecular weight is 529 g/mol. The van der Waals surface area contributed by atoms with Gasteiger partial charge in [0.2, 0.25) is 10.0 Å². The number of aromatic nitrogens is 1. The summed E-state index contributed by atoms with van der Waals surface area (Å²) in [6.07, 6.45) is 1.73. The molecule has 1 aliphatic carbocycles. The van der Waals surface area contributed by atoms with E-state index in [2.05, 4.69) is 31.0 Å². The largest absolute Gasteiger partial charge is 0.338 e. The van der Waals surface area contributed by atoms with Crippen molar-refractivity contribution < 1.29 is 22.4 Å². The summed E-state index contributed by atoms with van der Waals surface area (Å²) >= 11 is 6.10. The molecule has 13 heteroatoms. The molecule has 0 fully saturated rings. The van der Waals surface area contributed by atoms with Gasteiger partial charge in [0.25, 0.3) is 0 Å². The van der Waals surface area contributed by atoms with Crippen LogP contribution in [0.2, 0.25) is 5.15 Å². The number of amides is 4. The van der Waals surface area contributed by atoms with Gasteiger partial charge in [0, 0.05) is 36.6 Å². The number of urea groups is 2. The first-order valence-electron chi connectivity index (χ1n) is 11.3. The van der Waals surface area contributed by atoms with Crippen LogP contribution < -0.4 is 26.0 Å². The van der Waals surface area contributed by atoms with Crippen LogP contribution in [0.15, 0.2) is 23.2 Å². The summed E-state index contributed by atoms with van der Waals surface area (Å²) in [5.41, 5.74) is -0.639. The Hall–Kier alpha value is -2.70. The van der Waals surface area contributed by atoms with Crippen molar-refractivity contribution in [3.63, 3.8) is 0 Å². The molecule has 0 spiro atoms. The SMILES string of the molecule is CCNC(=O)N[C@@H]1C[C@@H](NC(=O)NCC)c2c1cc(S(=O)(=O)NCC(C)(C)F)c1cc(Cl)ncc21. The van der Waals surface area contributed by atoms with E-state index in [9.17, 15) is 22.4 Å². The topological polar surface area (TPSA) is 141 Å². The molecule has 0 radical (unpaired) electrons. The fourth-order valence-electron chi connectivity index (χ4n) is 4.03. The number of nitrogens with zero attached hydrogens (tertiary/aromatic N) is 1. The van der Waals surface area contributed by atoms with Crippen LogP contribution in [-0.4, -0.2) is 50.8 Å². The van der Waals surface area contributed by atoms with E-state index in [4.69, 9.17) is 11.6 Å². The number of carbonyl (C=O) groups is 2. The molecular weight excluding hydrogens is 499 g/mol. The summed E-state index contributed by atoms with van der Waals surface area (Å²) in [7, 11) is -4.17. The lowest BCUT2D eigenvalue weighted by Gasteiger charge is -2.20. The summed E-state index contributed by atoms with van der Waals surface area (Å²) in [5, 5.41) is 11.8. The van der Waals surface area contributed by atoms with Crippen molar-refractivity contribution >= 4 is 44.5 Å². The lowest BCUT2D eigenvalue weighted by atomic mass is 10.00. The van der Waals surface area contributed by atoms with Crippen molar-refractivity contribution in [2.75, 3.05) is 19.6 Å². The number of sulfonamides is 1. The third kappa shape index (κ3) is 6.30. The molecule has 5 N–H and O–H groups in total. The zero-order chi connectivity index (χ0) is 26.0. The number of halogens is 2. The number of benzene rings is 1. The Morgan fingerprint density at radius 2 is 1.69 bits per heavy atom. The molecule has 35 heavy (non-hydrogen) atoms. The minimum Gasteiger partial charge on any atom is -0.338 e. The van der Waals surface area contributed by atoms with Gasteiger partial charge in [-0.05, 0) is 57.4 Å². The highest BCUT2D eigenvalue weighted by atomic mass is 35.5. The number of hydrogen-bond acceptors (Lipinski definition) is 5. The molecule has 0 saturated carbocycles. The highest BCUT2D eigenvalue weighted by molar-refractivity contribution is 7.89. The van der Waals surface area contributed by atoms with Crippen LogP contribution in [0.25, 0.3) is 10.8 Å². The molecule has 0 saturated heterocycles. The molecule has 1 heterocycles. The van der Waals surface area contributed by atoms with Crippen LogP contribution in [0.5, 0.6) is 0 Å². The molecule has 2 atom stereocenters. The quantitative estimate of drug-likeness (QED) is 0.335. The zero-order valence-electron chi connectivity index (χ0n) is 20.0. The molecule has 2 aromatic rings. The zero-order valence-corrected chi connectivity index (χ0v) is 21.5. The summed E-state index contributed by atoms with van der Waals surface area (Å²) in [6, 6.07) is 0.884. The van der Waals surface area contributed by atoms with E-state index in [1.807, 2.05) is 0 Å². The molecule has 0 unspecified atom stereocenters. The van der Waals surface area contributed by atoms with Gasteiger partial charge >= 0.3 is 12.1 Å². The van der Waals surface area contributed by atoms with Gasteiger partial charge in [-0.2, -0.15) is 0 Å². The van der Waals surface area contributed by atoms with E-state index >= 15 is 0 Å². The van der Waals surface area contributed by atoms with Crippen LogP contribution >= 0.6 is 11.6 Å². The van der Waals surface area contributed by atoms with Crippen molar-refractivity contribution in [3.8, 4) is 0 Å². The normalized spacial score (nSPS) is 17.7. The first-order chi connectivity index (χ1) is 16.4. The minimum atomic E-state index is -4.17. The molecule has 4 amide bonds. The van der Waals surface area contributed by atoms with Crippen molar-refractivity contribution in [2.45, 2.75) is 56.8 Å². The minimum absolute atomic E-state index is 0.0722. The number of nitrogens with one attached hydrogen (secondary N) is 5. The van der Waals surface area contributed by atoms with Gasteiger partial charge in [-0.25, -0.2) is 32.1 Å². The molecule has 1 aliphatic rings. The summed E-state index contributed by atoms with van der Waals surface area (Å²) in [4.78, 5) is 28.7. The molecular formula is C22H30ClFN6O4S. The van der Waals surface area contributed by atoms with Crippen LogP contribution in [-0.2, 0) is 10.0 Å². The number of hydrogen-bond donors (Lipinski definition) is 5. The van der Waals surface area contributed by atoms with Crippen molar-refractivity contribution in [3.05, 3.63) is 34.6 Å². The van der Waals surface area contributed by atoms with Crippen molar-refractivity contribution in [1.82, 2.24) is 31.0 Å². The van der Waals surface area contributed by atoms with E-state index in [-0.39, 0.29) is 21.9 Å². The maximum absolute atomic E-state index is 14.1. The van der Waals surface area contributed by atoms with Crippen LogP contribution in [0, 0.1) is 0 Å². The van der Waals surface area contributed by atoms with Gasteiger partial charge in [0.15, 0.2) is 0 Å². The Balaban J connectivity index is 2.19. The maximum atomic E-state index is 14.1. The summed E-state index contributed by atoms with van der Waals surface area (Å²) < 4.78 is 42.9. The average Bonchev–Trinajstić information content (AvgIpc) is 3.08. The van der Waals surface area contributed by atoms with Gasteiger partial charge in [0.1, 0.15) is 10.8 Å². The van der Waals surface area contributed by atoms with E-state index in [1.54, 1.807) is 13.8 Å². The van der Waals surface area contributed by atoms with E-state index < -0.39 is 46.4 Å². The molecule has 0 aliphatic heterocycles. The number of alkyl halides is 1. The van der Waals surface area contributed by atoms with Gasteiger partial charge in [0.05, 0.1) is 17.0 Å². The Bertz CT molecular complexity index is 1230. The highest BCUT2D eigenvalue weighted by Gasteiger charge is 2.37. The van der Waals surface area contributed by atoms with Crippen LogP contribution in [0.1, 0.15) is 57.3 Å².